The summed E-state index contributed by atoms with van der Waals surface area (Å²) in [6, 6.07) is 2.05. The topological polar surface area (TPSA) is 49.9 Å². The van der Waals surface area contributed by atoms with Crippen LogP contribution in [-0.2, 0) is 16.0 Å². The molecule has 1 aliphatic rings. The summed E-state index contributed by atoms with van der Waals surface area (Å²) in [7, 11) is 1.68. The minimum Gasteiger partial charge on any atom is -0.496 e. The average molecular weight is 332 g/mol. The first-order chi connectivity index (χ1) is 11.3. The molecule has 2 amide bonds. The summed E-state index contributed by atoms with van der Waals surface area (Å²) >= 11 is 0. The first-order valence-electron chi connectivity index (χ1n) is 8.52. The van der Waals surface area contributed by atoms with Gasteiger partial charge in [0.25, 0.3) is 0 Å². The third-order valence-corrected chi connectivity index (χ3v) is 4.97. The maximum atomic E-state index is 12.7. The summed E-state index contributed by atoms with van der Waals surface area (Å²) < 4.78 is 5.45. The Kier molecular flexibility index (Phi) is 5.86. The normalized spacial score (nSPS) is 15.2. The van der Waals surface area contributed by atoms with Crippen molar-refractivity contribution < 1.29 is 14.3 Å². The van der Waals surface area contributed by atoms with Crippen molar-refractivity contribution in [1.29, 1.82) is 0 Å². The van der Waals surface area contributed by atoms with Gasteiger partial charge in [0.05, 0.1) is 13.5 Å². The van der Waals surface area contributed by atoms with E-state index in [2.05, 4.69) is 6.07 Å². The largest absolute Gasteiger partial charge is 0.496 e. The van der Waals surface area contributed by atoms with Crippen molar-refractivity contribution in [3.63, 3.8) is 0 Å². The Morgan fingerprint density at radius 1 is 1.04 bits per heavy atom. The fraction of sp³-hybridized carbons (Fsp3) is 0.579. The van der Waals surface area contributed by atoms with Crippen molar-refractivity contribution >= 4 is 11.8 Å². The molecule has 0 unspecified atom stereocenters. The number of carbonyl (C=O) groups is 2. The van der Waals surface area contributed by atoms with Gasteiger partial charge >= 0.3 is 0 Å². The van der Waals surface area contributed by atoms with Crippen LogP contribution in [-0.4, -0.2) is 54.9 Å². The molecule has 0 saturated carbocycles. The van der Waals surface area contributed by atoms with Gasteiger partial charge in [-0.1, -0.05) is 6.07 Å². The molecule has 0 bridgehead atoms. The fourth-order valence-electron chi connectivity index (χ4n) is 3.40. The SMILES string of the molecule is COc1c(C)cc(CC(=O)N2CCCN(C(C)=O)CC2)c(C)c1C. The Balaban J connectivity index is 2.11. The maximum Gasteiger partial charge on any atom is 0.227 e. The molecule has 2 rings (SSSR count). The Hall–Kier alpha value is -2.04. The van der Waals surface area contributed by atoms with Crippen LogP contribution >= 0.6 is 0 Å². The third-order valence-electron chi connectivity index (χ3n) is 4.97. The van der Waals surface area contributed by atoms with E-state index in [0.717, 1.165) is 47.5 Å². The van der Waals surface area contributed by atoms with Gasteiger partial charge in [0.15, 0.2) is 0 Å². The summed E-state index contributed by atoms with van der Waals surface area (Å²) in [5, 5.41) is 0. The number of benzene rings is 1. The molecule has 1 aromatic rings. The van der Waals surface area contributed by atoms with Crippen LogP contribution in [0.4, 0.5) is 0 Å². The molecule has 1 aromatic carbocycles. The highest BCUT2D eigenvalue weighted by Gasteiger charge is 2.21. The second-order valence-corrected chi connectivity index (χ2v) is 6.55. The van der Waals surface area contributed by atoms with Crippen molar-refractivity contribution in [3.05, 3.63) is 28.3 Å². The van der Waals surface area contributed by atoms with E-state index in [-0.39, 0.29) is 11.8 Å². The average Bonchev–Trinajstić information content (AvgIpc) is 2.79. The molecule has 132 valence electrons. The summed E-state index contributed by atoms with van der Waals surface area (Å²) in [4.78, 5) is 27.9. The highest BCUT2D eigenvalue weighted by Crippen LogP contribution is 2.29. The Morgan fingerprint density at radius 2 is 1.67 bits per heavy atom. The molecule has 5 nitrogen and oxygen atoms in total. The number of amides is 2. The summed E-state index contributed by atoms with van der Waals surface area (Å²) in [5.74, 6) is 1.12. The van der Waals surface area contributed by atoms with E-state index < -0.39 is 0 Å². The molecule has 24 heavy (non-hydrogen) atoms. The van der Waals surface area contributed by atoms with Gasteiger partial charge in [-0.05, 0) is 49.4 Å². The van der Waals surface area contributed by atoms with Crippen LogP contribution in [0.2, 0.25) is 0 Å². The van der Waals surface area contributed by atoms with E-state index in [0.29, 0.717) is 19.5 Å². The van der Waals surface area contributed by atoms with Gasteiger partial charge in [-0.3, -0.25) is 9.59 Å². The molecule has 1 aliphatic heterocycles. The van der Waals surface area contributed by atoms with Crippen molar-refractivity contribution in [1.82, 2.24) is 9.80 Å². The zero-order chi connectivity index (χ0) is 17.9. The predicted molar refractivity (Wildman–Crippen MR) is 94.4 cm³/mol. The number of methoxy groups -OCH3 is 1. The zero-order valence-electron chi connectivity index (χ0n) is 15.4. The minimum absolute atomic E-state index is 0.0848. The van der Waals surface area contributed by atoms with Crippen molar-refractivity contribution in [3.8, 4) is 5.75 Å². The highest BCUT2D eigenvalue weighted by molar-refractivity contribution is 5.80. The number of carbonyl (C=O) groups excluding carboxylic acids is 2. The number of nitrogens with zero attached hydrogens (tertiary/aromatic N) is 2. The van der Waals surface area contributed by atoms with E-state index in [4.69, 9.17) is 4.74 Å². The molecule has 0 aliphatic carbocycles. The number of rotatable bonds is 3. The lowest BCUT2D eigenvalue weighted by atomic mass is 9.96. The van der Waals surface area contributed by atoms with Crippen LogP contribution in [0.3, 0.4) is 0 Å². The minimum atomic E-state index is 0.0848. The Morgan fingerprint density at radius 3 is 2.29 bits per heavy atom. The lowest BCUT2D eigenvalue weighted by molar-refractivity contribution is -0.132. The van der Waals surface area contributed by atoms with E-state index in [9.17, 15) is 9.59 Å². The van der Waals surface area contributed by atoms with Gasteiger partial charge in [0.1, 0.15) is 5.75 Å². The molecule has 0 atom stereocenters. The summed E-state index contributed by atoms with van der Waals surface area (Å²) in [5.41, 5.74) is 4.33. The van der Waals surface area contributed by atoms with Gasteiger partial charge < -0.3 is 14.5 Å². The van der Waals surface area contributed by atoms with E-state index in [1.54, 1.807) is 14.0 Å². The van der Waals surface area contributed by atoms with Crippen LogP contribution in [0.1, 0.15) is 35.6 Å². The number of hydrogen-bond acceptors (Lipinski definition) is 3. The monoisotopic (exact) mass is 332 g/mol. The summed E-state index contributed by atoms with van der Waals surface area (Å²) in [6.45, 7) is 10.4. The summed E-state index contributed by atoms with van der Waals surface area (Å²) in [6.07, 6.45) is 1.24. The highest BCUT2D eigenvalue weighted by atomic mass is 16.5. The van der Waals surface area contributed by atoms with E-state index in [1.807, 2.05) is 30.6 Å². The molecule has 5 heteroatoms. The maximum absolute atomic E-state index is 12.7. The molecular weight excluding hydrogens is 304 g/mol. The standard InChI is InChI=1S/C19H28N2O3/c1-13-11-17(14(2)15(3)19(13)24-5)12-18(23)21-8-6-7-20(9-10-21)16(4)22/h11H,6-10,12H2,1-5H3. The lowest BCUT2D eigenvalue weighted by Gasteiger charge is -2.22. The predicted octanol–water partition coefficient (Wildman–Crippen LogP) is 2.24. The van der Waals surface area contributed by atoms with Crippen LogP contribution in [0, 0.1) is 20.8 Å². The smallest absolute Gasteiger partial charge is 0.227 e. The molecule has 1 heterocycles. The van der Waals surface area contributed by atoms with Crippen molar-refractivity contribution in [2.45, 2.75) is 40.5 Å². The third kappa shape index (κ3) is 3.89. The van der Waals surface area contributed by atoms with E-state index >= 15 is 0 Å². The van der Waals surface area contributed by atoms with E-state index in [1.165, 1.54) is 0 Å². The number of ether oxygens (including phenoxy) is 1. The molecular formula is C19H28N2O3. The van der Waals surface area contributed by atoms with Gasteiger partial charge in [0.2, 0.25) is 11.8 Å². The molecule has 0 aromatic heterocycles. The molecule has 0 radical (unpaired) electrons. The van der Waals surface area contributed by atoms with Gasteiger partial charge in [-0.2, -0.15) is 0 Å². The zero-order valence-corrected chi connectivity index (χ0v) is 15.4. The lowest BCUT2D eigenvalue weighted by Crippen LogP contribution is -2.37. The quantitative estimate of drug-likeness (QED) is 0.853. The molecule has 0 N–H and O–H groups in total. The first kappa shape index (κ1) is 18.3. The van der Waals surface area contributed by atoms with Gasteiger partial charge in [-0.15, -0.1) is 0 Å². The van der Waals surface area contributed by atoms with Gasteiger partial charge in [0, 0.05) is 33.1 Å². The fourth-order valence-corrected chi connectivity index (χ4v) is 3.40. The second-order valence-electron chi connectivity index (χ2n) is 6.55. The molecule has 0 spiro atoms. The Labute approximate surface area is 144 Å². The number of hydrogen-bond donors (Lipinski definition) is 0. The van der Waals surface area contributed by atoms with Crippen molar-refractivity contribution in [2.75, 3.05) is 33.3 Å². The number of aryl methyl sites for hydroxylation is 1. The van der Waals surface area contributed by atoms with Crippen LogP contribution in [0.25, 0.3) is 0 Å². The first-order valence-corrected chi connectivity index (χ1v) is 8.52. The van der Waals surface area contributed by atoms with Crippen LogP contribution < -0.4 is 4.74 Å². The van der Waals surface area contributed by atoms with Crippen molar-refractivity contribution in [2.24, 2.45) is 0 Å². The van der Waals surface area contributed by atoms with Crippen LogP contribution in [0.15, 0.2) is 6.07 Å². The molecule has 1 fully saturated rings. The Bertz CT molecular complexity index is 640. The molecule has 1 saturated heterocycles. The second kappa shape index (κ2) is 7.69. The van der Waals surface area contributed by atoms with Crippen LogP contribution in [0.5, 0.6) is 5.75 Å². The van der Waals surface area contributed by atoms with Gasteiger partial charge in [-0.25, -0.2) is 0 Å².